The Morgan fingerprint density at radius 1 is 1.44 bits per heavy atom. The predicted molar refractivity (Wildman–Crippen MR) is 94.1 cm³/mol. The van der Waals surface area contributed by atoms with Crippen LogP contribution in [0.3, 0.4) is 0 Å². The molecular weight excluding hydrogens is 340 g/mol. The van der Waals surface area contributed by atoms with E-state index >= 15 is 0 Å². The molecule has 1 saturated heterocycles. The highest BCUT2D eigenvalue weighted by molar-refractivity contribution is 7.09. The Kier molecular flexibility index (Phi) is 5.44. The summed E-state index contributed by atoms with van der Waals surface area (Å²) in [5, 5.41) is 8.79. The topological polar surface area (TPSA) is 92.2 Å². The zero-order chi connectivity index (χ0) is 17.8. The van der Waals surface area contributed by atoms with Gasteiger partial charge in [0.15, 0.2) is 0 Å². The number of rotatable bonds is 6. The van der Waals surface area contributed by atoms with E-state index in [0.29, 0.717) is 31.7 Å². The second-order valence-corrected chi connectivity index (χ2v) is 7.04. The minimum absolute atomic E-state index is 0.00339. The number of likely N-dealkylation sites (tertiary alicyclic amines) is 1. The first-order chi connectivity index (χ1) is 12.1. The molecule has 0 saturated carbocycles. The first kappa shape index (κ1) is 17.6. The lowest BCUT2D eigenvalue weighted by atomic mass is 10.1. The van der Waals surface area contributed by atoms with Crippen LogP contribution in [0.15, 0.2) is 24.1 Å². The molecule has 2 N–H and O–H groups in total. The van der Waals surface area contributed by atoms with Crippen LogP contribution < -0.4 is 10.6 Å². The number of nitrogens with one attached hydrogen (secondary N) is 2. The fraction of sp³-hybridized carbons (Fsp3) is 0.500. The fourth-order valence-electron chi connectivity index (χ4n) is 3.09. The van der Waals surface area contributed by atoms with Crippen LogP contribution in [0.5, 0.6) is 0 Å². The monoisotopic (exact) mass is 362 g/mol. The van der Waals surface area contributed by atoms with E-state index in [4.69, 9.17) is 0 Å². The van der Waals surface area contributed by atoms with Crippen LogP contribution in [0, 0.1) is 0 Å². The van der Waals surface area contributed by atoms with Crippen molar-refractivity contribution in [3.05, 3.63) is 34.8 Å². The number of carbonyl (C=O) groups excluding carboxylic acids is 2. The van der Waals surface area contributed by atoms with Crippen LogP contribution in [-0.4, -0.2) is 56.4 Å². The molecule has 2 unspecified atom stereocenters. The first-order valence-corrected chi connectivity index (χ1v) is 9.13. The second kappa shape index (κ2) is 7.75. The van der Waals surface area contributed by atoms with Crippen molar-refractivity contribution in [1.82, 2.24) is 30.1 Å². The zero-order valence-corrected chi connectivity index (χ0v) is 15.1. The third kappa shape index (κ3) is 4.05. The molecule has 0 radical (unpaired) electrons. The summed E-state index contributed by atoms with van der Waals surface area (Å²) in [7, 11) is 1.78. The van der Waals surface area contributed by atoms with Crippen LogP contribution in [0.1, 0.15) is 28.8 Å². The Bertz CT molecular complexity index is 729. The Balaban J connectivity index is 1.68. The van der Waals surface area contributed by atoms with Crippen LogP contribution in [0.25, 0.3) is 0 Å². The minimum Gasteiger partial charge on any atom is -0.355 e. The molecule has 2 aromatic heterocycles. The molecule has 2 aromatic rings. The van der Waals surface area contributed by atoms with Crippen LogP contribution in [0.4, 0.5) is 0 Å². The molecule has 2 amide bonds. The van der Waals surface area contributed by atoms with Crippen molar-refractivity contribution < 1.29 is 9.59 Å². The van der Waals surface area contributed by atoms with Gasteiger partial charge in [-0.2, -0.15) is 0 Å². The van der Waals surface area contributed by atoms with E-state index in [1.54, 1.807) is 41.7 Å². The molecular formula is C16H22N6O2S. The summed E-state index contributed by atoms with van der Waals surface area (Å²) in [6.45, 7) is 3.72. The van der Waals surface area contributed by atoms with E-state index in [9.17, 15) is 9.59 Å². The number of hydrogen-bond acceptors (Lipinski definition) is 6. The van der Waals surface area contributed by atoms with Gasteiger partial charge in [-0.15, -0.1) is 11.3 Å². The van der Waals surface area contributed by atoms with E-state index < -0.39 is 0 Å². The lowest BCUT2D eigenvalue weighted by molar-refractivity contribution is -0.125. The van der Waals surface area contributed by atoms with Crippen LogP contribution >= 0.6 is 11.3 Å². The van der Waals surface area contributed by atoms with Crippen molar-refractivity contribution in [2.45, 2.75) is 32.0 Å². The molecule has 8 nitrogen and oxygen atoms in total. The number of aryl methyl sites for hydroxylation is 1. The summed E-state index contributed by atoms with van der Waals surface area (Å²) < 4.78 is 1.68. The van der Waals surface area contributed by atoms with Gasteiger partial charge in [-0.1, -0.05) is 0 Å². The van der Waals surface area contributed by atoms with Gasteiger partial charge in [-0.05, 0) is 13.3 Å². The maximum Gasteiger partial charge on any atom is 0.269 e. The number of thiazole rings is 1. The third-order valence-corrected chi connectivity index (χ3v) is 5.03. The number of amides is 2. The van der Waals surface area contributed by atoms with Gasteiger partial charge in [0.05, 0.1) is 25.1 Å². The van der Waals surface area contributed by atoms with E-state index in [1.165, 1.54) is 0 Å². The fourth-order valence-corrected chi connectivity index (χ4v) is 3.73. The smallest absolute Gasteiger partial charge is 0.269 e. The summed E-state index contributed by atoms with van der Waals surface area (Å²) in [4.78, 5) is 35.2. The maximum atomic E-state index is 12.4. The number of imidazole rings is 1. The molecule has 134 valence electrons. The largest absolute Gasteiger partial charge is 0.355 e. The maximum absolute atomic E-state index is 12.4. The SMILES string of the molecule is CCNC(=O)C1CC(NC(=O)c2cncn2C)CN1Cc1nccs1. The van der Waals surface area contributed by atoms with E-state index in [2.05, 4.69) is 25.5 Å². The van der Waals surface area contributed by atoms with Crippen molar-refractivity contribution >= 4 is 23.2 Å². The number of hydrogen-bond donors (Lipinski definition) is 2. The van der Waals surface area contributed by atoms with Gasteiger partial charge in [0.25, 0.3) is 5.91 Å². The first-order valence-electron chi connectivity index (χ1n) is 8.25. The highest BCUT2D eigenvalue weighted by atomic mass is 32.1. The van der Waals surface area contributed by atoms with Gasteiger partial charge in [-0.3, -0.25) is 14.5 Å². The van der Waals surface area contributed by atoms with Gasteiger partial charge in [0.2, 0.25) is 5.91 Å². The van der Waals surface area contributed by atoms with Crippen molar-refractivity contribution in [1.29, 1.82) is 0 Å². The molecule has 1 aliphatic rings. The van der Waals surface area contributed by atoms with E-state index in [0.717, 1.165) is 5.01 Å². The van der Waals surface area contributed by atoms with Crippen LogP contribution in [-0.2, 0) is 18.4 Å². The average Bonchev–Trinajstić information content (AvgIpc) is 3.29. The quantitative estimate of drug-likeness (QED) is 0.775. The minimum atomic E-state index is -0.263. The molecule has 0 bridgehead atoms. The van der Waals surface area contributed by atoms with Gasteiger partial charge >= 0.3 is 0 Å². The number of aromatic nitrogens is 3. The van der Waals surface area contributed by atoms with Crippen molar-refractivity contribution in [3.8, 4) is 0 Å². The Morgan fingerprint density at radius 3 is 2.92 bits per heavy atom. The number of nitrogens with zero attached hydrogens (tertiary/aromatic N) is 4. The van der Waals surface area contributed by atoms with Crippen molar-refractivity contribution in [2.24, 2.45) is 7.05 Å². The number of likely N-dealkylation sites (N-methyl/N-ethyl adjacent to an activating group) is 1. The summed E-state index contributed by atoms with van der Waals surface area (Å²) in [6.07, 6.45) is 5.48. The van der Waals surface area contributed by atoms with Crippen LogP contribution in [0.2, 0.25) is 0 Å². The normalized spacial score (nSPS) is 20.6. The lowest BCUT2D eigenvalue weighted by Gasteiger charge is -2.22. The third-order valence-electron chi connectivity index (χ3n) is 4.26. The van der Waals surface area contributed by atoms with Gasteiger partial charge < -0.3 is 15.2 Å². The molecule has 25 heavy (non-hydrogen) atoms. The van der Waals surface area contributed by atoms with Crippen molar-refractivity contribution in [2.75, 3.05) is 13.1 Å². The Hall–Kier alpha value is -2.26. The molecule has 0 aliphatic carbocycles. The zero-order valence-electron chi connectivity index (χ0n) is 14.3. The Morgan fingerprint density at radius 2 is 2.28 bits per heavy atom. The molecule has 1 fully saturated rings. The van der Waals surface area contributed by atoms with Gasteiger partial charge in [0.1, 0.15) is 10.7 Å². The highest BCUT2D eigenvalue weighted by Gasteiger charge is 2.37. The molecule has 3 rings (SSSR count). The molecule has 3 heterocycles. The summed E-state index contributed by atoms with van der Waals surface area (Å²) in [5.74, 6) is -0.174. The molecule has 2 atom stereocenters. The van der Waals surface area contributed by atoms with Gasteiger partial charge in [0, 0.05) is 37.8 Å². The molecule has 0 spiro atoms. The Labute approximate surface area is 150 Å². The second-order valence-electron chi connectivity index (χ2n) is 6.06. The van der Waals surface area contributed by atoms with Crippen molar-refractivity contribution in [3.63, 3.8) is 0 Å². The van der Waals surface area contributed by atoms with Gasteiger partial charge in [-0.25, -0.2) is 9.97 Å². The van der Waals surface area contributed by atoms with E-state index in [1.807, 2.05) is 12.3 Å². The summed E-state index contributed by atoms with van der Waals surface area (Å²) in [6, 6.07) is -0.351. The highest BCUT2D eigenvalue weighted by Crippen LogP contribution is 2.22. The molecule has 0 aromatic carbocycles. The standard InChI is InChI=1S/C16H22N6O2S/c1-3-18-15(23)12-6-11(8-22(12)9-14-19-4-5-25-14)20-16(24)13-7-17-10-21(13)2/h4-5,7,10-12H,3,6,8-9H2,1-2H3,(H,18,23)(H,20,24). The average molecular weight is 362 g/mol. The molecule has 1 aliphatic heterocycles. The number of carbonyl (C=O) groups is 2. The van der Waals surface area contributed by atoms with E-state index in [-0.39, 0.29) is 23.9 Å². The molecule has 9 heteroatoms. The predicted octanol–water partition coefficient (Wildman–Crippen LogP) is 0.386. The lowest BCUT2D eigenvalue weighted by Crippen LogP contribution is -2.42. The summed E-state index contributed by atoms with van der Waals surface area (Å²) in [5.41, 5.74) is 0.507. The summed E-state index contributed by atoms with van der Waals surface area (Å²) >= 11 is 1.57.